The molecular formula is C19H27N5O. The van der Waals surface area contributed by atoms with Gasteiger partial charge in [-0.2, -0.15) is 4.98 Å². The Morgan fingerprint density at radius 3 is 2.64 bits per heavy atom. The molecule has 3 rings (SSSR count). The molecule has 0 aliphatic carbocycles. The normalized spacial score (nSPS) is 15.2. The third kappa shape index (κ3) is 4.60. The minimum Gasteiger partial charge on any atom is -0.496 e. The SMILES string of the molecule is COc1ccccc1CCNc1nc(C)cc(N2CCN(C)CC2)n1. The molecule has 0 spiro atoms. The molecule has 1 fully saturated rings. The molecule has 1 N–H and O–H groups in total. The van der Waals surface area contributed by atoms with Crippen molar-refractivity contribution in [3.63, 3.8) is 0 Å². The van der Waals surface area contributed by atoms with Crippen LogP contribution < -0.4 is 15.0 Å². The highest BCUT2D eigenvalue weighted by atomic mass is 16.5. The molecule has 1 aromatic heterocycles. The van der Waals surface area contributed by atoms with E-state index in [1.54, 1.807) is 7.11 Å². The number of likely N-dealkylation sites (N-methyl/N-ethyl adjacent to an activating group) is 1. The fourth-order valence-electron chi connectivity index (χ4n) is 3.05. The number of nitrogens with one attached hydrogen (secondary N) is 1. The van der Waals surface area contributed by atoms with Gasteiger partial charge in [-0.05, 0) is 32.0 Å². The summed E-state index contributed by atoms with van der Waals surface area (Å²) >= 11 is 0. The maximum Gasteiger partial charge on any atom is 0.224 e. The van der Waals surface area contributed by atoms with Gasteiger partial charge in [0.05, 0.1) is 7.11 Å². The van der Waals surface area contributed by atoms with E-state index in [4.69, 9.17) is 9.72 Å². The van der Waals surface area contributed by atoms with Crippen LogP contribution in [0.3, 0.4) is 0 Å². The zero-order valence-electron chi connectivity index (χ0n) is 15.3. The number of methoxy groups -OCH3 is 1. The molecule has 25 heavy (non-hydrogen) atoms. The Balaban J connectivity index is 1.62. The number of hydrogen-bond acceptors (Lipinski definition) is 6. The first-order chi connectivity index (χ1) is 12.2. The van der Waals surface area contributed by atoms with Crippen LogP contribution >= 0.6 is 0 Å². The molecule has 134 valence electrons. The van der Waals surface area contributed by atoms with Gasteiger partial charge < -0.3 is 19.9 Å². The Hall–Kier alpha value is -2.34. The zero-order valence-corrected chi connectivity index (χ0v) is 15.3. The van der Waals surface area contributed by atoms with Gasteiger partial charge in [0.25, 0.3) is 0 Å². The second-order valence-corrected chi connectivity index (χ2v) is 6.47. The van der Waals surface area contributed by atoms with Gasteiger partial charge in [-0.1, -0.05) is 18.2 Å². The molecular weight excluding hydrogens is 314 g/mol. The third-order valence-electron chi connectivity index (χ3n) is 4.54. The predicted molar refractivity (Wildman–Crippen MR) is 102 cm³/mol. The molecule has 1 aromatic carbocycles. The van der Waals surface area contributed by atoms with Gasteiger partial charge in [-0.3, -0.25) is 0 Å². The fourth-order valence-corrected chi connectivity index (χ4v) is 3.05. The molecule has 6 nitrogen and oxygen atoms in total. The smallest absolute Gasteiger partial charge is 0.224 e. The van der Waals surface area contributed by atoms with E-state index in [-0.39, 0.29) is 0 Å². The Labute approximate surface area is 149 Å². The Morgan fingerprint density at radius 1 is 1.12 bits per heavy atom. The van der Waals surface area contributed by atoms with Crippen LogP contribution in [0.5, 0.6) is 5.75 Å². The molecule has 1 aliphatic heterocycles. The van der Waals surface area contributed by atoms with Crippen LogP contribution in [0, 0.1) is 6.92 Å². The van der Waals surface area contributed by atoms with E-state index in [0.717, 1.165) is 56.4 Å². The summed E-state index contributed by atoms with van der Waals surface area (Å²) in [6, 6.07) is 10.2. The van der Waals surface area contributed by atoms with Gasteiger partial charge >= 0.3 is 0 Å². The number of hydrogen-bond donors (Lipinski definition) is 1. The molecule has 0 unspecified atom stereocenters. The lowest BCUT2D eigenvalue weighted by Crippen LogP contribution is -2.44. The molecule has 0 amide bonds. The van der Waals surface area contributed by atoms with Gasteiger partial charge in [0, 0.05) is 44.5 Å². The van der Waals surface area contributed by atoms with Crippen LogP contribution in [0.4, 0.5) is 11.8 Å². The quantitative estimate of drug-likeness (QED) is 0.869. The lowest BCUT2D eigenvalue weighted by atomic mass is 10.1. The van der Waals surface area contributed by atoms with Crippen molar-refractivity contribution in [2.75, 3.05) is 57.1 Å². The van der Waals surface area contributed by atoms with Crippen molar-refractivity contribution >= 4 is 11.8 Å². The molecule has 0 radical (unpaired) electrons. The zero-order chi connectivity index (χ0) is 17.6. The van der Waals surface area contributed by atoms with E-state index < -0.39 is 0 Å². The molecule has 0 bridgehead atoms. The highest BCUT2D eigenvalue weighted by Gasteiger charge is 2.16. The highest BCUT2D eigenvalue weighted by molar-refractivity contribution is 5.45. The first-order valence-electron chi connectivity index (χ1n) is 8.80. The van der Waals surface area contributed by atoms with Crippen molar-refractivity contribution < 1.29 is 4.74 Å². The molecule has 1 aliphatic rings. The summed E-state index contributed by atoms with van der Waals surface area (Å²) in [5, 5.41) is 3.36. The van der Waals surface area contributed by atoms with Gasteiger partial charge in [0.2, 0.25) is 5.95 Å². The number of nitrogens with zero attached hydrogens (tertiary/aromatic N) is 4. The maximum absolute atomic E-state index is 5.40. The topological polar surface area (TPSA) is 53.5 Å². The summed E-state index contributed by atoms with van der Waals surface area (Å²) in [4.78, 5) is 13.9. The molecule has 6 heteroatoms. The highest BCUT2D eigenvalue weighted by Crippen LogP contribution is 2.19. The molecule has 0 saturated carbocycles. The summed E-state index contributed by atoms with van der Waals surface area (Å²) < 4.78 is 5.40. The lowest BCUT2D eigenvalue weighted by molar-refractivity contribution is 0.312. The maximum atomic E-state index is 5.40. The first-order valence-corrected chi connectivity index (χ1v) is 8.80. The van der Waals surface area contributed by atoms with Crippen molar-refractivity contribution in [2.45, 2.75) is 13.3 Å². The second kappa shape index (κ2) is 8.16. The van der Waals surface area contributed by atoms with Gasteiger partial charge in [-0.25, -0.2) is 4.98 Å². The van der Waals surface area contributed by atoms with Gasteiger partial charge in [0.15, 0.2) is 0 Å². The van der Waals surface area contributed by atoms with Crippen LogP contribution in [-0.2, 0) is 6.42 Å². The van der Waals surface area contributed by atoms with E-state index in [1.807, 2.05) is 25.1 Å². The fraction of sp³-hybridized carbons (Fsp3) is 0.474. The number of anilines is 2. The van der Waals surface area contributed by atoms with Crippen LogP contribution in [0.2, 0.25) is 0 Å². The van der Waals surface area contributed by atoms with Crippen molar-refractivity contribution in [3.05, 3.63) is 41.6 Å². The van der Waals surface area contributed by atoms with Crippen molar-refractivity contribution in [1.29, 1.82) is 0 Å². The van der Waals surface area contributed by atoms with Crippen LogP contribution in [0.15, 0.2) is 30.3 Å². The number of piperazine rings is 1. The van der Waals surface area contributed by atoms with Crippen molar-refractivity contribution in [2.24, 2.45) is 0 Å². The largest absolute Gasteiger partial charge is 0.496 e. The average molecular weight is 341 g/mol. The first kappa shape index (κ1) is 17.5. The Kier molecular flexibility index (Phi) is 5.71. The molecule has 2 heterocycles. The second-order valence-electron chi connectivity index (χ2n) is 6.47. The number of rotatable bonds is 6. The summed E-state index contributed by atoms with van der Waals surface area (Å²) in [6.07, 6.45) is 0.866. The van der Waals surface area contributed by atoms with Crippen molar-refractivity contribution in [3.8, 4) is 5.75 Å². The monoisotopic (exact) mass is 341 g/mol. The minimum absolute atomic E-state index is 0.698. The van der Waals surface area contributed by atoms with Crippen LogP contribution in [0.25, 0.3) is 0 Å². The Morgan fingerprint density at radius 2 is 1.88 bits per heavy atom. The summed E-state index contributed by atoms with van der Waals surface area (Å²) in [5.74, 6) is 2.64. The molecule has 2 aromatic rings. The average Bonchev–Trinajstić information content (AvgIpc) is 2.62. The van der Waals surface area contributed by atoms with Gasteiger partial charge in [-0.15, -0.1) is 0 Å². The summed E-state index contributed by atoms with van der Waals surface area (Å²) in [5.41, 5.74) is 2.17. The lowest BCUT2D eigenvalue weighted by Gasteiger charge is -2.33. The van der Waals surface area contributed by atoms with Crippen LogP contribution in [0.1, 0.15) is 11.3 Å². The standard InChI is InChI=1S/C19H27N5O/c1-15-14-18(24-12-10-23(2)11-13-24)22-19(21-15)20-9-8-16-6-4-5-7-17(16)25-3/h4-7,14H,8-13H2,1-3H3,(H,20,21,22). The number of aryl methyl sites for hydroxylation is 1. The van der Waals surface area contributed by atoms with Crippen LogP contribution in [-0.4, -0.2) is 61.7 Å². The predicted octanol–water partition coefficient (Wildman–Crippen LogP) is 2.20. The molecule has 0 atom stereocenters. The van der Waals surface area contributed by atoms with Crippen molar-refractivity contribution in [1.82, 2.24) is 14.9 Å². The molecule has 1 saturated heterocycles. The van der Waals surface area contributed by atoms with E-state index in [9.17, 15) is 0 Å². The summed E-state index contributed by atoms with van der Waals surface area (Å²) in [7, 11) is 3.87. The number of ether oxygens (including phenoxy) is 1. The van der Waals surface area contributed by atoms with Gasteiger partial charge in [0.1, 0.15) is 11.6 Å². The Bertz CT molecular complexity index is 698. The number of benzene rings is 1. The van der Waals surface area contributed by atoms with E-state index in [1.165, 1.54) is 5.56 Å². The minimum atomic E-state index is 0.698. The van der Waals surface area contributed by atoms with E-state index in [2.05, 4.69) is 39.3 Å². The number of para-hydroxylation sites is 1. The summed E-state index contributed by atoms with van der Waals surface area (Å²) in [6.45, 7) is 6.94. The number of aromatic nitrogens is 2. The van der Waals surface area contributed by atoms with E-state index >= 15 is 0 Å². The van der Waals surface area contributed by atoms with E-state index in [0.29, 0.717) is 5.95 Å². The third-order valence-corrected chi connectivity index (χ3v) is 4.54.